The Morgan fingerprint density at radius 3 is 2.64 bits per heavy atom. The summed E-state index contributed by atoms with van der Waals surface area (Å²) in [7, 11) is 0. The van der Waals surface area contributed by atoms with Gasteiger partial charge in [0.05, 0.1) is 0 Å². The molecule has 0 saturated carbocycles. The van der Waals surface area contributed by atoms with E-state index in [1.807, 2.05) is 13.8 Å². The third kappa shape index (κ3) is 1.17. The van der Waals surface area contributed by atoms with Gasteiger partial charge in [-0.05, 0) is 30.5 Å². The lowest BCUT2D eigenvalue weighted by Crippen LogP contribution is -2.18. The highest BCUT2D eigenvalue weighted by atomic mass is 19.1. The number of fused-ring (bicyclic) bond motifs is 1. The first-order chi connectivity index (χ1) is 6.42. The SMILES string of the molecule is Cc1cc2c(cc1F)C(=O)C(C)(C)C2. The van der Waals surface area contributed by atoms with Crippen molar-refractivity contribution < 1.29 is 9.18 Å². The predicted molar refractivity (Wildman–Crippen MR) is 53.0 cm³/mol. The Morgan fingerprint density at radius 1 is 1.36 bits per heavy atom. The van der Waals surface area contributed by atoms with E-state index in [2.05, 4.69) is 0 Å². The summed E-state index contributed by atoms with van der Waals surface area (Å²) in [5, 5.41) is 0. The molecule has 1 aromatic carbocycles. The highest BCUT2D eigenvalue weighted by Crippen LogP contribution is 2.36. The van der Waals surface area contributed by atoms with Crippen LogP contribution in [0.3, 0.4) is 0 Å². The van der Waals surface area contributed by atoms with Crippen LogP contribution in [0.25, 0.3) is 0 Å². The Bertz CT molecular complexity index is 419. The fourth-order valence-corrected chi connectivity index (χ4v) is 2.02. The average molecular weight is 192 g/mol. The Balaban J connectivity index is 2.61. The van der Waals surface area contributed by atoms with Gasteiger partial charge in [-0.3, -0.25) is 4.79 Å². The number of carbonyl (C=O) groups excluding carboxylic acids is 1. The third-order valence-electron chi connectivity index (χ3n) is 2.88. The molecule has 0 saturated heterocycles. The minimum absolute atomic E-state index is 0.0615. The van der Waals surface area contributed by atoms with Crippen LogP contribution in [0.15, 0.2) is 12.1 Å². The van der Waals surface area contributed by atoms with Gasteiger partial charge in [0.1, 0.15) is 5.82 Å². The van der Waals surface area contributed by atoms with Crippen molar-refractivity contribution in [3.63, 3.8) is 0 Å². The van der Waals surface area contributed by atoms with Crippen molar-refractivity contribution in [3.8, 4) is 0 Å². The second-order valence-corrected chi connectivity index (χ2v) is 4.65. The number of hydrogen-bond donors (Lipinski definition) is 0. The number of benzene rings is 1. The Kier molecular flexibility index (Phi) is 1.78. The highest BCUT2D eigenvalue weighted by Gasteiger charge is 2.37. The molecule has 0 N–H and O–H groups in total. The van der Waals surface area contributed by atoms with E-state index in [4.69, 9.17) is 0 Å². The smallest absolute Gasteiger partial charge is 0.169 e. The zero-order chi connectivity index (χ0) is 10.5. The second kappa shape index (κ2) is 2.66. The van der Waals surface area contributed by atoms with Crippen LogP contribution in [0.5, 0.6) is 0 Å². The summed E-state index contributed by atoms with van der Waals surface area (Å²) in [6.07, 6.45) is 0.724. The van der Waals surface area contributed by atoms with Crippen molar-refractivity contribution in [2.75, 3.05) is 0 Å². The van der Waals surface area contributed by atoms with Gasteiger partial charge in [-0.25, -0.2) is 4.39 Å². The fourth-order valence-electron chi connectivity index (χ4n) is 2.02. The maximum atomic E-state index is 13.2. The Labute approximate surface area is 82.9 Å². The van der Waals surface area contributed by atoms with Gasteiger partial charge in [0, 0.05) is 11.0 Å². The summed E-state index contributed by atoms with van der Waals surface area (Å²) >= 11 is 0. The molecule has 1 aliphatic carbocycles. The summed E-state index contributed by atoms with van der Waals surface area (Å²) in [4.78, 5) is 11.8. The number of ketones is 1. The third-order valence-corrected chi connectivity index (χ3v) is 2.88. The molecule has 1 aliphatic rings. The van der Waals surface area contributed by atoms with E-state index in [9.17, 15) is 9.18 Å². The van der Waals surface area contributed by atoms with Gasteiger partial charge < -0.3 is 0 Å². The molecule has 2 rings (SSSR count). The van der Waals surface area contributed by atoms with E-state index in [1.165, 1.54) is 6.07 Å². The normalized spacial score (nSPS) is 18.4. The molecule has 74 valence electrons. The number of rotatable bonds is 0. The van der Waals surface area contributed by atoms with E-state index in [0.29, 0.717) is 11.1 Å². The van der Waals surface area contributed by atoms with Crippen molar-refractivity contribution in [2.24, 2.45) is 5.41 Å². The van der Waals surface area contributed by atoms with Gasteiger partial charge in [-0.15, -0.1) is 0 Å². The Morgan fingerprint density at radius 2 is 2.00 bits per heavy atom. The molecule has 0 heterocycles. The number of Topliss-reactive ketones (excluding diaryl/α,β-unsaturated/α-hetero) is 1. The van der Waals surface area contributed by atoms with Crippen molar-refractivity contribution in [1.82, 2.24) is 0 Å². The molecule has 0 aliphatic heterocycles. The fraction of sp³-hybridized carbons (Fsp3) is 0.417. The minimum Gasteiger partial charge on any atom is -0.294 e. The predicted octanol–water partition coefficient (Wildman–Crippen LogP) is 2.90. The van der Waals surface area contributed by atoms with E-state index < -0.39 is 0 Å². The highest BCUT2D eigenvalue weighted by molar-refractivity contribution is 6.04. The molecule has 0 spiro atoms. The van der Waals surface area contributed by atoms with Gasteiger partial charge in [-0.1, -0.05) is 19.9 Å². The first kappa shape index (κ1) is 9.38. The molecule has 0 unspecified atom stereocenters. The summed E-state index contributed by atoms with van der Waals surface area (Å²) in [5.74, 6) is -0.221. The molecular formula is C12H13FO. The number of aryl methyl sites for hydroxylation is 1. The van der Waals surface area contributed by atoms with Crippen LogP contribution >= 0.6 is 0 Å². The lowest BCUT2D eigenvalue weighted by Gasteiger charge is -2.12. The van der Waals surface area contributed by atoms with E-state index in [0.717, 1.165) is 12.0 Å². The van der Waals surface area contributed by atoms with Crippen molar-refractivity contribution >= 4 is 5.78 Å². The van der Waals surface area contributed by atoms with E-state index in [-0.39, 0.29) is 17.0 Å². The van der Waals surface area contributed by atoms with Crippen LogP contribution in [-0.4, -0.2) is 5.78 Å². The summed E-state index contributed by atoms with van der Waals surface area (Å²) in [5.41, 5.74) is 1.81. The zero-order valence-electron chi connectivity index (χ0n) is 8.65. The standard InChI is InChI=1S/C12H13FO/c1-7-4-8-6-12(2,3)11(14)9(8)5-10(7)13/h4-5H,6H2,1-3H3. The number of halogens is 1. The first-order valence-corrected chi connectivity index (χ1v) is 4.75. The molecular weight excluding hydrogens is 179 g/mol. The first-order valence-electron chi connectivity index (χ1n) is 4.75. The van der Waals surface area contributed by atoms with Crippen LogP contribution in [-0.2, 0) is 6.42 Å². The van der Waals surface area contributed by atoms with Crippen LogP contribution in [0, 0.1) is 18.2 Å². The molecule has 0 aromatic heterocycles. The molecule has 1 aromatic rings. The van der Waals surface area contributed by atoms with Gasteiger partial charge in [0.2, 0.25) is 0 Å². The number of carbonyl (C=O) groups is 1. The van der Waals surface area contributed by atoms with Crippen LogP contribution in [0.4, 0.5) is 4.39 Å². The molecule has 0 atom stereocenters. The van der Waals surface area contributed by atoms with Gasteiger partial charge in [-0.2, -0.15) is 0 Å². The second-order valence-electron chi connectivity index (χ2n) is 4.65. The molecule has 0 bridgehead atoms. The molecule has 14 heavy (non-hydrogen) atoms. The van der Waals surface area contributed by atoms with Crippen LogP contribution in [0.2, 0.25) is 0 Å². The minimum atomic E-state index is -0.359. The average Bonchev–Trinajstić information content (AvgIpc) is 2.28. The lowest BCUT2D eigenvalue weighted by atomic mass is 9.89. The lowest BCUT2D eigenvalue weighted by molar-refractivity contribution is 0.0863. The van der Waals surface area contributed by atoms with Crippen molar-refractivity contribution in [2.45, 2.75) is 27.2 Å². The zero-order valence-corrected chi connectivity index (χ0v) is 8.65. The Hall–Kier alpha value is -1.18. The monoisotopic (exact) mass is 192 g/mol. The summed E-state index contributed by atoms with van der Waals surface area (Å²) in [6, 6.07) is 3.17. The largest absolute Gasteiger partial charge is 0.294 e. The van der Waals surface area contributed by atoms with Crippen LogP contribution < -0.4 is 0 Å². The van der Waals surface area contributed by atoms with Crippen molar-refractivity contribution in [3.05, 3.63) is 34.6 Å². The molecule has 1 nitrogen and oxygen atoms in total. The van der Waals surface area contributed by atoms with Gasteiger partial charge >= 0.3 is 0 Å². The van der Waals surface area contributed by atoms with E-state index in [1.54, 1.807) is 13.0 Å². The topological polar surface area (TPSA) is 17.1 Å². The quantitative estimate of drug-likeness (QED) is 0.617. The number of hydrogen-bond acceptors (Lipinski definition) is 1. The van der Waals surface area contributed by atoms with Crippen LogP contribution in [0.1, 0.15) is 35.3 Å². The summed E-state index contributed by atoms with van der Waals surface area (Å²) in [6.45, 7) is 5.54. The molecule has 0 fully saturated rings. The van der Waals surface area contributed by atoms with E-state index >= 15 is 0 Å². The van der Waals surface area contributed by atoms with Gasteiger partial charge in [0.25, 0.3) is 0 Å². The molecule has 0 radical (unpaired) electrons. The van der Waals surface area contributed by atoms with Gasteiger partial charge in [0.15, 0.2) is 5.78 Å². The maximum absolute atomic E-state index is 13.2. The molecule has 2 heteroatoms. The summed E-state index contributed by atoms with van der Waals surface area (Å²) < 4.78 is 13.2. The maximum Gasteiger partial charge on any atom is 0.169 e. The molecule has 0 amide bonds. The van der Waals surface area contributed by atoms with Crippen molar-refractivity contribution in [1.29, 1.82) is 0 Å².